The summed E-state index contributed by atoms with van der Waals surface area (Å²) >= 11 is 0. The van der Waals surface area contributed by atoms with Crippen molar-refractivity contribution in [1.82, 2.24) is 14.7 Å². The maximum Gasteiger partial charge on any atom is 0.242 e. The maximum absolute atomic E-state index is 13.8. The van der Waals surface area contributed by atoms with E-state index in [1.54, 1.807) is 29.2 Å². The van der Waals surface area contributed by atoms with Crippen molar-refractivity contribution in [1.29, 1.82) is 0 Å². The number of hydrogen-bond acceptors (Lipinski definition) is 8. The monoisotopic (exact) mass is 563 g/mol. The van der Waals surface area contributed by atoms with Crippen LogP contribution < -0.4 is 14.2 Å². The lowest BCUT2D eigenvalue weighted by atomic mass is 10.1. The number of hydrogen-bond donors (Lipinski definition) is 0. The average Bonchev–Trinajstić information content (AvgIpc) is 3.69. The van der Waals surface area contributed by atoms with Crippen molar-refractivity contribution >= 4 is 11.8 Å². The summed E-state index contributed by atoms with van der Waals surface area (Å²) in [4.78, 5) is 33.1. The van der Waals surface area contributed by atoms with E-state index in [1.807, 2.05) is 48.5 Å². The Labute approximate surface area is 240 Å². The first-order valence-electron chi connectivity index (χ1n) is 14.0. The lowest BCUT2D eigenvalue weighted by Gasteiger charge is -2.30. The fourth-order valence-electron chi connectivity index (χ4n) is 4.98. The van der Waals surface area contributed by atoms with E-state index in [-0.39, 0.29) is 38.1 Å². The molecule has 0 radical (unpaired) electrons. The smallest absolute Gasteiger partial charge is 0.242 e. The molecule has 218 valence electrons. The molecule has 2 aliphatic heterocycles. The predicted octanol–water partition coefficient (Wildman–Crippen LogP) is 3.34. The number of benzene rings is 2. The Morgan fingerprint density at radius 1 is 0.902 bits per heavy atom. The molecule has 0 bridgehead atoms. The quantitative estimate of drug-likeness (QED) is 0.313. The second-order valence-electron chi connectivity index (χ2n) is 10.2. The highest BCUT2D eigenvalue weighted by atomic mass is 16.7. The first kappa shape index (κ1) is 28.5. The van der Waals surface area contributed by atoms with Gasteiger partial charge in [-0.15, -0.1) is 0 Å². The Morgan fingerprint density at radius 3 is 2.44 bits per heavy atom. The number of carbonyl (C=O) groups excluding carboxylic acids is 2. The van der Waals surface area contributed by atoms with Crippen LogP contribution in [0.25, 0.3) is 0 Å². The molecular formula is C31H37N3O7. The van der Waals surface area contributed by atoms with Crippen LogP contribution in [0.2, 0.25) is 0 Å². The maximum atomic E-state index is 13.8. The Kier molecular flexibility index (Phi) is 9.77. The van der Waals surface area contributed by atoms with Crippen LogP contribution in [0.4, 0.5) is 0 Å². The molecule has 1 aromatic heterocycles. The Bertz CT molecular complexity index is 1270. The molecule has 3 aromatic rings. The van der Waals surface area contributed by atoms with Crippen molar-refractivity contribution in [3.63, 3.8) is 0 Å². The van der Waals surface area contributed by atoms with Crippen LogP contribution >= 0.6 is 0 Å². The molecule has 10 heteroatoms. The minimum absolute atomic E-state index is 0.0244. The van der Waals surface area contributed by atoms with Crippen molar-refractivity contribution in [2.45, 2.75) is 25.9 Å². The number of ether oxygens (including phenoxy) is 4. The molecular weight excluding hydrogens is 526 g/mol. The second-order valence-corrected chi connectivity index (χ2v) is 10.2. The van der Waals surface area contributed by atoms with Crippen LogP contribution in [0.15, 0.2) is 65.3 Å². The zero-order chi connectivity index (χ0) is 28.4. The summed E-state index contributed by atoms with van der Waals surface area (Å²) in [5, 5.41) is 0. The molecule has 1 fully saturated rings. The van der Waals surface area contributed by atoms with E-state index >= 15 is 0 Å². The molecule has 0 aliphatic carbocycles. The highest BCUT2D eigenvalue weighted by Gasteiger charge is 2.24. The van der Waals surface area contributed by atoms with Gasteiger partial charge in [0.05, 0.1) is 46.1 Å². The number of methoxy groups -OCH3 is 1. The molecule has 0 N–H and O–H groups in total. The molecule has 5 rings (SSSR count). The van der Waals surface area contributed by atoms with Crippen LogP contribution in [0.5, 0.6) is 17.2 Å². The van der Waals surface area contributed by atoms with Crippen LogP contribution in [-0.4, -0.2) is 86.4 Å². The summed E-state index contributed by atoms with van der Waals surface area (Å²) < 4.78 is 27.2. The van der Waals surface area contributed by atoms with Crippen LogP contribution in [0.1, 0.15) is 23.3 Å². The number of furan rings is 1. The molecule has 2 aliphatic rings. The van der Waals surface area contributed by atoms with Crippen LogP contribution in [-0.2, 0) is 33.8 Å². The van der Waals surface area contributed by atoms with Gasteiger partial charge in [0.25, 0.3) is 0 Å². The number of rotatable bonds is 13. The first-order valence-corrected chi connectivity index (χ1v) is 14.0. The standard InChI is InChI=1S/C31H37N3O7/c1-37-26-8-5-24(6-9-26)19-30(35)33(12-3-11-32-13-16-38-17-14-32)22-31(36)34(21-27-4-2-15-39-27)20-25-7-10-28-29(18-25)41-23-40-28/h2,4-10,15,18H,3,11-14,16-17,19-23H2,1H3. The van der Waals surface area contributed by atoms with Crippen molar-refractivity contribution in [3.8, 4) is 17.2 Å². The summed E-state index contributed by atoms with van der Waals surface area (Å²) in [6, 6.07) is 16.7. The molecule has 2 aromatic carbocycles. The molecule has 10 nitrogen and oxygen atoms in total. The molecule has 0 atom stereocenters. The van der Waals surface area contributed by atoms with Crippen molar-refractivity contribution in [2.24, 2.45) is 0 Å². The zero-order valence-corrected chi connectivity index (χ0v) is 23.5. The third-order valence-corrected chi connectivity index (χ3v) is 7.29. The number of fused-ring (bicyclic) bond motifs is 1. The third-order valence-electron chi connectivity index (χ3n) is 7.29. The molecule has 1 saturated heterocycles. The SMILES string of the molecule is COc1ccc(CC(=O)N(CCCN2CCOCC2)CC(=O)N(Cc2ccc3c(c2)OCO3)Cc2ccco2)cc1. The van der Waals surface area contributed by atoms with Gasteiger partial charge in [0, 0.05) is 32.7 Å². The fraction of sp³-hybridized carbons (Fsp3) is 0.419. The number of amides is 2. The molecule has 2 amide bonds. The van der Waals surface area contributed by atoms with E-state index in [4.69, 9.17) is 23.4 Å². The van der Waals surface area contributed by atoms with E-state index in [2.05, 4.69) is 4.90 Å². The lowest BCUT2D eigenvalue weighted by Crippen LogP contribution is -2.44. The number of morpholine rings is 1. The largest absolute Gasteiger partial charge is 0.497 e. The van der Waals surface area contributed by atoms with Gasteiger partial charge in [-0.2, -0.15) is 0 Å². The van der Waals surface area contributed by atoms with E-state index in [0.717, 1.165) is 56.1 Å². The Hall–Kier alpha value is -4.02. The second kappa shape index (κ2) is 14.0. The fourth-order valence-corrected chi connectivity index (χ4v) is 4.98. The van der Waals surface area contributed by atoms with Gasteiger partial charge in [0.1, 0.15) is 11.5 Å². The van der Waals surface area contributed by atoms with Gasteiger partial charge in [-0.05, 0) is 53.9 Å². The summed E-state index contributed by atoms with van der Waals surface area (Å²) in [6.07, 6.45) is 2.56. The molecule has 3 heterocycles. The van der Waals surface area contributed by atoms with Crippen LogP contribution in [0.3, 0.4) is 0 Å². The van der Waals surface area contributed by atoms with E-state index in [0.29, 0.717) is 30.3 Å². The third kappa shape index (κ3) is 8.02. The van der Waals surface area contributed by atoms with Gasteiger partial charge in [-0.1, -0.05) is 18.2 Å². The Balaban J connectivity index is 1.29. The highest BCUT2D eigenvalue weighted by molar-refractivity contribution is 5.86. The lowest BCUT2D eigenvalue weighted by molar-refractivity contribution is -0.141. The molecule has 0 unspecified atom stereocenters. The minimum Gasteiger partial charge on any atom is -0.497 e. The zero-order valence-electron chi connectivity index (χ0n) is 23.5. The average molecular weight is 564 g/mol. The topological polar surface area (TPSA) is 93.9 Å². The van der Waals surface area contributed by atoms with E-state index in [1.165, 1.54) is 0 Å². The van der Waals surface area contributed by atoms with E-state index in [9.17, 15) is 9.59 Å². The normalized spacial score (nSPS) is 14.6. The van der Waals surface area contributed by atoms with Gasteiger partial charge < -0.3 is 33.2 Å². The van der Waals surface area contributed by atoms with Gasteiger partial charge in [-0.25, -0.2) is 0 Å². The summed E-state index contributed by atoms with van der Waals surface area (Å²) in [5.41, 5.74) is 1.77. The first-order chi connectivity index (χ1) is 20.1. The highest BCUT2D eigenvalue weighted by Crippen LogP contribution is 2.33. The van der Waals surface area contributed by atoms with E-state index < -0.39 is 0 Å². The molecule has 0 spiro atoms. The number of carbonyl (C=O) groups is 2. The Morgan fingerprint density at radius 2 is 1.68 bits per heavy atom. The summed E-state index contributed by atoms with van der Waals surface area (Å²) in [7, 11) is 1.61. The van der Waals surface area contributed by atoms with Gasteiger partial charge in [0.2, 0.25) is 18.6 Å². The number of nitrogens with zero attached hydrogens (tertiary/aromatic N) is 3. The summed E-state index contributed by atoms with van der Waals surface area (Å²) in [5.74, 6) is 2.50. The van der Waals surface area contributed by atoms with Gasteiger partial charge in [0.15, 0.2) is 11.5 Å². The van der Waals surface area contributed by atoms with Crippen molar-refractivity contribution in [2.75, 3.05) is 59.8 Å². The van der Waals surface area contributed by atoms with Crippen LogP contribution in [0, 0.1) is 0 Å². The molecule has 0 saturated carbocycles. The van der Waals surface area contributed by atoms with Gasteiger partial charge in [-0.3, -0.25) is 14.5 Å². The summed E-state index contributed by atoms with van der Waals surface area (Å²) in [6.45, 7) is 5.32. The minimum atomic E-state index is -0.159. The van der Waals surface area contributed by atoms with Crippen molar-refractivity contribution in [3.05, 3.63) is 77.7 Å². The predicted molar refractivity (Wildman–Crippen MR) is 151 cm³/mol. The molecule has 41 heavy (non-hydrogen) atoms. The van der Waals surface area contributed by atoms with Crippen molar-refractivity contribution < 1.29 is 33.0 Å². The van der Waals surface area contributed by atoms with Gasteiger partial charge >= 0.3 is 0 Å².